The van der Waals surface area contributed by atoms with Gasteiger partial charge in [-0.2, -0.15) is 0 Å². The van der Waals surface area contributed by atoms with E-state index in [9.17, 15) is 0 Å². The maximum atomic E-state index is 2.23. The highest BCUT2D eigenvalue weighted by molar-refractivity contribution is 5.74. The molecule has 3 aromatic carbocycles. The van der Waals surface area contributed by atoms with Crippen LogP contribution in [0.4, 0.5) is 0 Å². The van der Waals surface area contributed by atoms with Crippen molar-refractivity contribution >= 4 is 0 Å². The van der Waals surface area contributed by atoms with Crippen molar-refractivity contribution in [1.82, 2.24) is 0 Å². The van der Waals surface area contributed by atoms with Crippen molar-refractivity contribution in [2.45, 2.75) is 20.8 Å². The molecule has 0 aliphatic rings. The van der Waals surface area contributed by atoms with Crippen molar-refractivity contribution < 1.29 is 0 Å². The van der Waals surface area contributed by atoms with E-state index in [1.54, 1.807) is 0 Å². The van der Waals surface area contributed by atoms with Gasteiger partial charge in [-0.15, -0.1) is 0 Å². The van der Waals surface area contributed by atoms with E-state index in [0.717, 1.165) is 0 Å². The van der Waals surface area contributed by atoms with Crippen LogP contribution in [-0.4, -0.2) is 0 Å². The van der Waals surface area contributed by atoms with E-state index >= 15 is 0 Å². The molecule has 21 heavy (non-hydrogen) atoms. The Balaban J connectivity index is 2.00. The lowest BCUT2D eigenvalue weighted by Gasteiger charge is -2.11. The van der Waals surface area contributed by atoms with Crippen LogP contribution in [0.3, 0.4) is 0 Å². The van der Waals surface area contributed by atoms with Gasteiger partial charge >= 0.3 is 0 Å². The molecule has 0 aliphatic heterocycles. The molecule has 0 N–H and O–H groups in total. The van der Waals surface area contributed by atoms with Crippen LogP contribution in [-0.2, 0) is 0 Å². The normalized spacial score (nSPS) is 10.6. The van der Waals surface area contributed by atoms with Crippen LogP contribution in [0.5, 0.6) is 0 Å². The third-order valence-electron chi connectivity index (χ3n) is 4.04. The second kappa shape index (κ2) is 5.57. The number of rotatable bonds is 2. The molecule has 0 aliphatic carbocycles. The molecule has 0 heterocycles. The molecule has 0 fully saturated rings. The Morgan fingerprint density at radius 1 is 0.476 bits per heavy atom. The minimum atomic E-state index is 1.27. The van der Waals surface area contributed by atoms with Gasteiger partial charge in [-0.05, 0) is 54.2 Å². The Hall–Kier alpha value is -2.34. The van der Waals surface area contributed by atoms with Crippen LogP contribution in [0.25, 0.3) is 22.3 Å². The highest BCUT2D eigenvalue weighted by atomic mass is 14.1. The first kappa shape index (κ1) is 13.6. The molecule has 0 heteroatoms. The lowest BCUT2D eigenvalue weighted by molar-refractivity contribution is 1.38. The standard InChI is InChI=1S/C21H20/c1-15-7-9-18(10-8-15)19-11-13-20(14-12-19)21-16(2)5-4-6-17(21)3/h4-14H,1-3H3. The van der Waals surface area contributed by atoms with Crippen LogP contribution >= 0.6 is 0 Å². The second-order valence-corrected chi connectivity index (χ2v) is 5.71. The monoisotopic (exact) mass is 272 g/mol. The largest absolute Gasteiger partial charge is 0.0617 e. The van der Waals surface area contributed by atoms with E-state index in [-0.39, 0.29) is 0 Å². The minimum Gasteiger partial charge on any atom is -0.0617 e. The first-order chi connectivity index (χ1) is 10.1. The van der Waals surface area contributed by atoms with E-state index < -0.39 is 0 Å². The van der Waals surface area contributed by atoms with Gasteiger partial charge in [0.15, 0.2) is 0 Å². The third-order valence-corrected chi connectivity index (χ3v) is 4.04. The SMILES string of the molecule is Cc1ccc(-c2ccc(-c3c(C)cccc3C)cc2)cc1. The van der Waals surface area contributed by atoms with Gasteiger partial charge in [0, 0.05) is 0 Å². The molecule has 0 aromatic heterocycles. The average molecular weight is 272 g/mol. The Kier molecular flexibility index (Phi) is 3.62. The zero-order valence-electron chi connectivity index (χ0n) is 12.9. The molecule has 0 radical (unpaired) electrons. The molecule has 3 aromatic rings. The van der Waals surface area contributed by atoms with Gasteiger partial charge in [-0.25, -0.2) is 0 Å². The Morgan fingerprint density at radius 2 is 0.905 bits per heavy atom. The highest BCUT2D eigenvalue weighted by Gasteiger charge is 2.05. The Morgan fingerprint density at radius 3 is 1.43 bits per heavy atom. The fourth-order valence-electron chi connectivity index (χ4n) is 2.85. The number of benzene rings is 3. The maximum Gasteiger partial charge on any atom is -0.0125 e. The van der Waals surface area contributed by atoms with E-state index in [2.05, 4.69) is 87.5 Å². The average Bonchev–Trinajstić information content (AvgIpc) is 2.49. The van der Waals surface area contributed by atoms with Crippen molar-refractivity contribution in [2.75, 3.05) is 0 Å². The zero-order chi connectivity index (χ0) is 14.8. The van der Waals surface area contributed by atoms with Crippen LogP contribution in [0.2, 0.25) is 0 Å². The quantitative estimate of drug-likeness (QED) is 0.541. The Bertz CT molecular complexity index is 727. The predicted octanol–water partition coefficient (Wildman–Crippen LogP) is 5.95. The molecule has 0 unspecified atom stereocenters. The fourth-order valence-corrected chi connectivity index (χ4v) is 2.85. The summed E-state index contributed by atoms with van der Waals surface area (Å²) in [6, 6.07) is 24.0. The van der Waals surface area contributed by atoms with Crippen LogP contribution < -0.4 is 0 Å². The molecule has 0 saturated carbocycles. The predicted molar refractivity (Wildman–Crippen MR) is 91.5 cm³/mol. The highest BCUT2D eigenvalue weighted by Crippen LogP contribution is 2.29. The summed E-state index contributed by atoms with van der Waals surface area (Å²) in [5.74, 6) is 0. The topological polar surface area (TPSA) is 0 Å². The van der Waals surface area contributed by atoms with Gasteiger partial charge in [0.25, 0.3) is 0 Å². The molecule has 0 nitrogen and oxygen atoms in total. The minimum absolute atomic E-state index is 1.27. The Labute approximate surface area is 127 Å². The van der Waals surface area contributed by atoms with E-state index in [0.29, 0.717) is 0 Å². The summed E-state index contributed by atoms with van der Waals surface area (Å²) in [5, 5.41) is 0. The molecule has 0 bridgehead atoms. The smallest absolute Gasteiger partial charge is 0.0125 e. The number of hydrogen-bond donors (Lipinski definition) is 0. The summed E-state index contributed by atoms with van der Waals surface area (Å²) in [6.45, 7) is 6.47. The molecular formula is C21H20. The van der Waals surface area contributed by atoms with Gasteiger partial charge < -0.3 is 0 Å². The van der Waals surface area contributed by atoms with E-state index in [1.807, 2.05) is 0 Å². The second-order valence-electron chi connectivity index (χ2n) is 5.71. The lowest BCUT2D eigenvalue weighted by atomic mass is 9.94. The molecule has 104 valence electrons. The zero-order valence-corrected chi connectivity index (χ0v) is 12.9. The summed E-state index contributed by atoms with van der Waals surface area (Å²) in [4.78, 5) is 0. The summed E-state index contributed by atoms with van der Waals surface area (Å²) >= 11 is 0. The van der Waals surface area contributed by atoms with Crippen LogP contribution in [0.1, 0.15) is 16.7 Å². The van der Waals surface area contributed by atoms with Crippen molar-refractivity contribution in [3.8, 4) is 22.3 Å². The maximum absolute atomic E-state index is 2.23. The van der Waals surface area contributed by atoms with Gasteiger partial charge in [-0.3, -0.25) is 0 Å². The van der Waals surface area contributed by atoms with Crippen molar-refractivity contribution in [3.05, 3.63) is 83.4 Å². The van der Waals surface area contributed by atoms with Crippen LogP contribution in [0.15, 0.2) is 66.7 Å². The third kappa shape index (κ3) is 2.75. The fraction of sp³-hybridized carbons (Fsp3) is 0.143. The lowest BCUT2D eigenvalue weighted by Crippen LogP contribution is -1.88. The van der Waals surface area contributed by atoms with Crippen molar-refractivity contribution in [2.24, 2.45) is 0 Å². The van der Waals surface area contributed by atoms with E-state index in [1.165, 1.54) is 38.9 Å². The molecule has 0 amide bonds. The first-order valence-electron chi connectivity index (χ1n) is 7.39. The molecule has 0 atom stereocenters. The first-order valence-corrected chi connectivity index (χ1v) is 7.39. The molecular weight excluding hydrogens is 252 g/mol. The van der Waals surface area contributed by atoms with Gasteiger partial charge in [0.1, 0.15) is 0 Å². The molecule has 0 saturated heterocycles. The van der Waals surface area contributed by atoms with Gasteiger partial charge in [-0.1, -0.05) is 72.3 Å². The molecule has 3 rings (SSSR count). The summed E-state index contributed by atoms with van der Waals surface area (Å²) in [5.41, 5.74) is 9.15. The van der Waals surface area contributed by atoms with Gasteiger partial charge in [0.05, 0.1) is 0 Å². The summed E-state index contributed by atoms with van der Waals surface area (Å²) in [6.07, 6.45) is 0. The number of aryl methyl sites for hydroxylation is 3. The van der Waals surface area contributed by atoms with Crippen LogP contribution in [0, 0.1) is 20.8 Å². The van der Waals surface area contributed by atoms with Crippen molar-refractivity contribution in [3.63, 3.8) is 0 Å². The van der Waals surface area contributed by atoms with Gasteiger partial charge in [0.2, 0.25) is 0 Å². The summed E-state index contributed by atoms with van der Waals surface area (Å²) in [7, 11) is 0. The van der Waals surface area contributed by atoms with Crippen molar-refractivity contribution in [1.29, 1.82) is 0 Å². The number of hydrogen-bond acceptors (Lipinski definition) is 0. The summed E-state index contributed by atoms with van der Waals surface area (Å²) < 4.78 is 0. The van der Waals surface area contributed by atoms with E-state index in [4.69, 9.17) is 0 Å². The molecule has 0 spiro atoms.